The van der Waals surface area contributed by atoms with Crippen LogP contribution < -0.4 is 10.4 Å². The molecule has 0 radical (unpaired) electrons. The third kappa shape index (κ3) is 4.53. The minimum Gasteiger partial charge on any atom is -0.119 e. The molecular formula is C27H28Si. The first-order valence-corrected chi connectivity index (χ1v) is 12.1. The lowest BCUT2D eigenvalue weighted by molar-refractivity contribution is 0.858. The van der Waals surface area contributed by atoms with Gasteiger partial charge in [-0.25, -0.2) is 0 Å². The van der Waals surface area contributed by atoms with Crippen molar-refractivity contribution in [1.82, 2.24) is 0 Å². The lowest BCUT2D eigenvalue weighted by atomic mass is 10.1. The zero-order valence-electron chi connectivity index (χ0n) is 16.6. The van der Waals surface area contributed by atoms with Crippen molar-refractivity contribution in [3.05, 3.63) is 109 Å². The molecule has 3 aromatic rings. The molecule has 0 fully saturated rings. The number of allylic oxidation sites excluding steroid dienone is 1. The van der Waals surface area contributed by atoms with Gasteiger partial charge in [-0.05, 0) is 34.3 Å². The van der Waals surface area contributed by atoms with Crippen LogP contribution in [0.25, 0.3) is 0 Å². The summed E-state index contributed by atoms with van der Waals surface area (Å²) in [6, 6.07) is 32.4. The highest BCUT2D eigenvalue weighted by atomic mass is 28.3. The first-order chi connectivity index (χ1) is 13.8. The van der Waals surface area contributed by atoms with Crippen molar-refractivity contribution in [2.24, 2.45) is 0 Å². The van der Waals surface area contributed by atoms with Crippen molar-refractivity contribution >= 4 is 18.4 Å². The van der Waals surface area contributed by atoms with Crippen LogP contribution in [0.5, 0.6) is 0 Å². The minimum atomic E-state index is -2.26. The Morgan fingerprint density at radius 2 is 1.32 bits per heavy atom. The molecule has 0 amide bonds. The fraction of sp³-hybridized carbons (Fsp3) is 0.185. The second kappa shape index (κ2) is 9.92. The number of aryl methyl sites for hydroxylation is 1. The van der Waals surface area contributed by atoms with E-state index in [0.717, 1.165) is 19.3 Å². The zero-order valence-corrected chi connectivity index (χ0v) is 17.6. The Labute approximate surface area is 171 Å². The van der Waals surface area contributed by atoms with E-state index < -0.39 is 8.07 Å². The predicted octanol–water partition coefficient (Wildman–Crippen LogP) is 5.39. The average molecular weight is 381 g/mol. The summed E-state index contributed by atoms with van der Waals surface area (Å²) in [6.45, 7) is 6.40. The lowest BCUT2D eigenvalue weighted by Crippen LogP contribution is -2.60. The smallest absolute Gasteiger partial charge is 0.119 e. The first-order valence-electron chi connectivity index (χ1n) is 10.0. The fourth-order valence-corrected chi connectivity index (χ4v) is 7.85. The SMILES string of the molecule is C=CC(C)[Si](C#CCCCc1ccccc1)(c1ccccc1)c1ccccc1. The molecule has 3 aromatic carbocycles. The van der Waals surface area contributed by atoms with Gasteiger partial charge >= 0.3 is 0 Å². The predicted molar refractivity (Wildman–Crippen MR) is 125 cm³/mol. The van der Waals surface area contributed by atoms with Gasteiger partial charge in [-0.15, -0.1) is 18.0 Å². The highest BCUT2D eigenvalue weighted by Gasteiger charge is 2.40. The molecule has 0 heterocycles. The number of hydrogen-bond acceptors (Lipinski definition) is 0. The van der Waals surface area contributed by atoms with Gasteiger partial charge in [0.1, 0.15) is 0 Å². The van der Waals surface area contributed by atoms with Crippen LogP contribution in [0.4, 0.5) is 0 Å². The summed E-state index contributed by atoms with van der Waals surface area (Å²) in [6.07, 6.45) is 5.18. The normalized spacial score (nSPS) is 11.9. The number of unbranched alkanes of at least 4 members (excludes halogenated alkanes) is 1. The molecule has 1 heteroatoms. The maximum absolute atomic E-state index is 4.13. The first kappa shape index (κ1) is 19.9. The number of hydrogen-bond donors (Lipinski definition) is 0. The van der Waals surface area contributed by atoms with Crippen LogP contribution >= 0.6 is 0 Å². The molecule has 0 spiro atoms. The van der Waals surface area contributed by atoms with Crippen molar-refractivity contribution in [2.75, 3.05) is 0 Å². The second-order valence-corrected chi connectivity index (χ2v) is 11.1. The summed E-state index contributed by atoms with van der Waals surface area (Å²) in [5.41, 5.74) is 5.54. The summed E-state index contributed by atoms with van der Waals surface area (Å²) in [5.74, 6) is 3.57. The minimum absolute atomic E-state index is 0.332. The molecule has 0 bridgehead atoms. The lowest BCUT2D eigenvalue weighted by Gasteiger charge is -2.32. The van der Waals surface area contributed by atoms with Crippen LogP contribution in [0.15, 0.2) is 104 Å². The van der Waals surface area contributed by atoms with E-state index in [1.54, 1.807) is 0 Å². The molecule has 0 saturated heterocycles. The zero-order chi connectivity index (χ0) is 19.7. The highest BCUT2D eigenvalue weighted by molar-refractivity contribution is 7.09. The maximum atomic E-state index is 4.13. The molecule has 0 aliphatic carbocycles. The van der Waals surface area contributed by atoms with Crippen LogP contribution in [0.3, 0.4) is 0 Å². The molecule has 0 N–H and O–H groups in total. The number of rotatable bonds is 7. The van der Waals surface area contributed by atoms with E-state index in [2.05, 4.69) is 122 Å². The second-order valence-electron chi connectivity index (χ2n) is 7.21. The topological polar surface area (TPSA) is 0 Å². The largest absolute Gasteiger partial charge is 0.205 e. The van der Waals surface area contributed by atoms with Crippen LogP contribution in [0, 0.1) is 11.5 Å². The summed E-state index contributed by atoms with van der Waals surface area (Å²) in [4.78, 5) is 0. The van der Waals surface area contributed by atoms with Crippen molar-refractivity contribution in [2.45, 2.75) is 31.7 Å². The van der Waals surface area contributed by atoms with Gasteiger partial charge in [-0.3, -0.25) is 0 Å². The van der Waals surface area contributed by atoms with Crippen molar-refractivity contribution < 1.29 is 0 Å². The Balaban J connectivity index is 1.91. The molecular weight excluding hydrogens is 352 g/mol. The van der Waals surface area contributed by atoms with E-state index in [4.69, 9.17) is 0 Å². The summed E-state index contributed by atoms with van der Waals surface area (Å²) < 4.78 is 0. The Morgan fingerprint density at radius 1 is 0.821 bits per heavy atom. The van der Waals surface area contributed by atoms with Crippen molar-refractivity contribution in [1.29, 1.82) is 0 Å². The molecule has 1 atom stereocenters. The Hall–Kier alpha value is -2.82. The van der Waals surface area contributed by atoms with Crippen molar-refractivity contribution in [3.8, 4) is 11.5 Å². The van der Waals surface area contributed by atoms with Gasteiger partial charge in [0.2, 0.25) is 8.07 Å². The van der Waals surface area contributed by atoms with Crippen LogP contribution in [-0.4, -0.2) is 8.07 Å². The molecule has 0 aromatic heterocycles. The highest BCUT2D eigenvalue weighted by Crippen LogP contribution is 2.22. The van der Waals surface area contributed by atoms with Gasteiger partial charge in [0.05, 0.1) is 0 Å². The van der Waals surface area contributed by atoms with Gasteiger partial charge in [0.15, 0.2) is 0 Å². The van der Waals surface area contributed by atoms with E-state index >= 15 is 0 Å². The van der Waals surface area contributed by atoms with Gasteiger partial charge < -0.3 is 0 Å². The van der Waals surface area contributed by atoms with Gasteiger partial charge in [-0.2, -0.15) is 0 Å². The van der Waals surface area contributed by atoms with Crippen LogP contribution in [0.2, 0.25) is 5.54 Å². The van der Waals surface area contributed by atoms with Crippen molar-refractivity contribution in [3.63, 3.8) is 0 Å². The van der Waals surface area contributed by atoms with Gasteiger partial charge in [0, 0.05) is 6.42 Å². The van der Waals surface area contributed by atoms with E-state index in [0.29, 0.717) is 5.54 Å². The van der Waals surface area contributed by atoms with E-state index in [1.165, 1.54) is 15.9 Å². The molecule has 140 valence electrons. The monoisotopic (exact) mass is 380 g/mol. The van der Waals surface area contributed by atoms with Gasteiger partial charge in [-0.1, -0.05) is 104 Å². The third-order valence-corrected chi connectivity index (χ3v) is 10.1. The van der Waals surface area contributed by atoms with E-state index in [-0.39, 0.29) is 0 Å². The van der Waals surface area contributed by atoms with Gasteiger partial charge in [0.25, 0.3) is 0 Å². The summed E-state index contributed by atoms with van der Waals surface area (Å²) in [5, 5.41) is 2.73. The Bertz CT molecular complexity index is 878. The standard InChI is InChI=1S/C27H28Si/c1-3-24(2)28(26-19-11-5-12-20-26,27-21-13-6-14-22-27)23-15-7-10-18-25-16-8-4-9-17-25/h3-6,8-9,11-14,16-17,19-22,24H,1,7,10,18H2,2H3. The molecule has 0 aliphatic heterocycles. The van der Waals surface area contributed by atoms with E-state index in [9.17, 15) is 0 Å². The quantitative estimate of drug-likeness (QED) is 0.223. The molecule has 0 aliphatic rings. The maximum Gasteiger partial charge on any atom is 0.205 e. The molecule has 0 saturated carbocycles. The molecule has 3 rings (SSSR count). The fourth-order valence-electron chi connectivity index (χ4n) is 3.76. The average Bonchev–Trinajstić information content (AvgIpc) is 2.78. The van der Waals surface area contributed by atoms with E-state index in [1.807, 2.05) is 0 Å². The number of benzene rings is 3. The summed E-state index contributed by atoms with van der Waals surface area (Å²) in [7, 11) is -2.26. The molecule has 1 unspecified atom stereocenters. The molecule has 28 heavy (non-hydrogen) atoms. The Kier molecular flexibility index (Phi) is 7.06. The van der Waals surface area contributed by atoms with Crippen LogP contribution in [-0.2, 0) is 6.42 Å². The van der Waals surface area contributed by atoms with Crippen LogP contribution in [0.1, 0.15) is 25.3 Å². The third-order valence-electron chi connectivity index (χ3n) is 5.39. The Morgan fingerprint density at radius 3 is 1.82 bits per heavy atom. The summed E-state index contributed by atoms with van der Waals surface area (Å²) >= 11 is 0. The molecule has 0 nitrogen and oxygen atoms in total.